The van der Waals surface area contributed by atoms with Gasteiger partial charge in [-0.05, 0) is 49.4 Å². The van der Waals surface area contributed by atoms with Crippen molar-refractivity contribution >= 4 is 35.0 Å². The van der Waals surface area contributed by atoms with Crippen molar-refractivity contribution in [3.05, 3.63) is 53.8 Å². The second-order valence-corrected chi connectivity index (χ2v) is 7.33. The van der Waals surface area contributed by atoms with Gasteiger partial charge in [0.25, 0.3) is 0 Å². The maximum absolute atomic E-state index is 13.0. The van der Waals surface area contributed by atoms with Crippen molar-refractivity contribution in [3.63, 3.8) is 0 Å². The number of anilines is 2. The lowest BCUT2D eigenvalue weighted by Gasteiger charge is -2.31. The lowest BCUT2D eigenvalue weighted by atomic mass is 10.1. The number of benzene rings is 2. The predicted molar refractivity (Wildman–Crippen MR) is 94.1 cm³/mol. The number of amides is 2. The summed E-state index contributed by atoms with van der Waals surface area (Å²) in [5, 5.41) is 1.74. The molecule has 0 aliphatic carbocycles. The molecule has 142 valence electrons. The minimum atomic E-state index is -4.56. The molecule has 0 spiro atoms. The molecule has 1 aliphatic rings. The molecule has 1 heterocycles. The Hall–Kier alpha value is -2.55. The molecule has 9 heteroatoms. The van der Waals surface area contributed by atoms with Gasteiger partial charge in [-0.1, -0.05) is 0 Å². The van der Waals surface area contributed by atoms with Gasteiger partial charge in [0.05, 0.1) is 22.2 Å². The largest absolute Gasteiger partial charge is 0.416 e. The van der Waals surface area contributed by atoms with Crippen LogP contribution in [0.2, 0.25) is 0 Å². The summed E-state index contributed by atoms with van der Waals surface area (Å²) in [6, 6.07) is 8.43. The molecule has 1 N–H and O–H groups in total. The third kappa shape index (κ3) is 4.24. The van der Waals surface area contributed by atoms with Gasteiger partial charge in [0, 0.05) is 4.90 Å². The zero-order chi connectivity index (χ0) is 19.8. The smallest absolute Gasteiger partial charge is 0.323 e. The van der Waals surface area contributed by atoms with Crippen LogP contribution >= 0.6 is 11.8 Å². The van der Waals surface area contributed by atoms with Gasteiger partial charge >= 0.3 is 6.18 Å². The molecule has 0 radical (unpaired) electrons. The average Bonchev–Trinajstić information content (AvgIpc) is 2.61. The first-order chi connectivity index (χ1) is 12.6. The van der Waals surface area contributed by atoms with Crippen LogP contribution < -0.4 is 10.2 Å². The van der Waals surface area contributed by atoms with Crippen molar-refractivity contribution in [2.75, 3.05) is 16.8 Å². The van der Waals surface area contributed by atoms with Crippen LogP contribution in [0.15, 0.2) is 47.4 Å². The van der Waals surface area contributed by atoms with Crippen LogP contribution in [0.1, 0.15) is 12.5 Å². The molecular weight excluding hydrogens is 384 g/mol. The third-order valence-electron chi connectivity index (χ3n) is 3.93. The van der Waals surface area contributed by atoms with E-state index in [2.05, 4.69) is 5.32 Å². The van der Waals surface area contributed by atoms with Gasteiger partial charge in [0.2, 0.25) is 11.8 Å². The quantitative estimate of drug-likeness (QED) is 0.619. The first-order valence-electron chi connectivity index (χ1n) is 7.90. The Bertz CT molecular complexity index is 884. The first kappa shape index (κ1) is 19.2. The van der Waals surface area contributed by atoms with Crippen LogP contribution in [0.3, 0.4) is 0 Å². The topological polar surface area (TPSA) is 49.4 Å². The number of hydrogen-bond acceptors (Lipinski definition) is 3. The number of carbonyl (C=O) groups excluding carboxylic acids is 2. The molecule has 4 nitrogen and oxygen atoms in total. The van der Waals surface area contributed by atoms with Crippen molar-refractivity contribution in [2.24, 2.45) is 0 Å². The van der Waals surface area contributed by atoms with Crippen LogP contribution in [0.4, 0.5) is 28.9 Å². The molecule has 2 amide bonds. The molecule has 0 bridgehead atoms. The molecule has 0 saturated carbocycles. The van der Waals surface area contributed by atoms with Crippen LogP contribution in [0.5, 0.6) is 0 Å². The van der Waals surface area contributed by atoms with Crippen molar-refractivity contribution in [1.29, 1.82) is 0 Å². The number of halogens is 4. The lowest BCUT2D eigenvalue weighted by molar-refractivity contribution is -0.137. The van der Waals surface area contributed by atoms with Gasteiger partial charge in [0.1, 0.15) is 12.4 Å². The Morgan fingerprint density at radius 1 is 1.19 bits per heavy atom. The van der Waals surface area contributed by atoms with E-state index in [4.69, 9.17) is 0 Å². The molecule has 0 fully saturated rings. The first-order valence-corrected chi connectivity index (χ1v) is 8.78. The average molecular weight is 398 g/mol. The monoisotopic (exact) mass is 398 g/mol. The number of nitrogens with zero attached hydrogens (tertiary/aromatic N) is 1. The van der Waals surface area contributed by atoms with Crippen molar-refractivity contribution in [1.82, 2.24) is 0 Å². The third-order valence-corrected chi connectivity index (χ3v) is 5.03. The van der Waals surface area contributed by atoms with Gasteiger partial charge in [-0.25, -0.2) is 4.39 Å². The number of hydrogen-bond donors (Lipinski definition) is 1. The maximum Gasteiger partial charge on any atom is 0.416 e. The summed E-state index contributed by atoms with van der Waals surface area (Å²) >= 11 is 1.17. The molecular formula is C18H14F4N2O2S. The Labute approximate surface area is 156 Å². The summed E-state index contributed by atoms with van der Waals surface area (Å²) in [4.78, 5) is 26.5. The Balaban J connectivity index is 1.85. The van der Waals surface area contributed by atoms with E-state index in [1.54, 1.807) is 6.92 Å². The Morgan fingerprint density at radius 2 is 1.85 bits per heavy atom. The molecule has 1 atom stereocenters. The second-order valence-electron chi connectivity index (χ2n) is 5.92. The van der Waals surface area contributed by atoms with E-state index < -0.39 is 34.6 Å². The van der Waals surface area contributed by atoms with Gasteiger partial charge in [-0.3, -0.25) is 14.5 Å². The van der Waals surface area contributed by atoms with Gasteiger partial charge < -0.3 is 5.32 Å². The predicted octanol–water partition coefficient (Wildman–Crippen LogP) is 4.31. The highest BCUT2D eigenvalue weighted by molar-refractivity contribution is 8.00. The van der Waals surface area contributed by atoms with Crippen molar-refractivity contribution < 1.29 is 27.2 Å². The van der Waals surface area contributed by atoms with E-state index in [0.29, 0.717) is 4.90 Å². The van der Waals surface area contributed by atoms with E-state index in [-0.39, 0.29) is 17.9 Å². The fraction of sp³-hybridized carbons (Fsp3) is 0.222. The van der Waals surface area contributed by atoms with Gasteiger partial charge in [0.15, 0.2) is 0 Å². The second kappa shape index (κ2) is 7.22. The zero-order valence-corrected chi connectivity index (χ0v) is 14.8. The Kier molecular flexibility index (Phi) is 5.14. The standard InChI is InChI=1S/C18H14F4N2O2S/c1-10(27-13-5-3-12(19)4-6-13)17(26)24-9-16(25)23-14-8-11(18(20,21)22)2-7-15(14)24/h2-8,10H,9H2,1H3,(H,23,25). The summed E-state index contributed by atoms with van der Waals surface area (Å²) in [6.45, 7) is 1.33. The highest BCUT2D eigenvalue weighted by atomic mass is 32.2. The summed E-state index contributed by atoms with van der Waals surface area (Å²) in [6.07, 6.45) is -4.56. The zero-order valence-electron chi connectivity index (χ0n) is 14.0. The summed E-state index contributed by atoms with van der Waals surface area (Å²) < 4.78 is 51.6. The summed E-state index contributed by atoms with van der Waals surface area (Å²) in [7, 11) is 0. The SMILES string of the molecule is CC(Sc1ccc(F)cc1)C(=O)N1CC(=O)Nc2cc(C(F)(F)F)ccc21. The maximum atomic E-state index is 13.0. The summed E-state index contributed by atoms with van der Waals surface area (Å²) in [5.41, 5.74) is -0.767. The fourth-order valence-corrected chi connectivity index (χ4v) is 3.58. The molecule has 0 aromatic heterocycles. The lowest BCUT2D eigenvalue weighted by Crippen LogP contribution is -2.45. The number of thioether (sulfide) groups is 1. The number of alkyl halides is 3. The van der Waals surface area contributed by atoms with Gasteiger partial charge in [-0.15, -0.1) is 11.8 Å². The van der Waals surface area contributed by atoms with Crippen LogP contribution in [-0.2, 0) is 15.8 Å². The van der Waals surface area contributed by atoms with E-state index >= 15 is 0 Å². The minimum absolute atomic E-state index is 0.0617. The molecule has 1 aliphatic heterocycles. The van der Waals surface area contributed by atoms with E-state index in [0.717, 1.165) is 17.0 Å². The van der Waals surface area contributed by atoms with E-state index in [1.165, 1.54) is 42.1 Å². The molecule has 27 heavy (non-hydrogen) atoms. The molecule has 1 unspecified atom stereocenters. The number of carbonyl (C=O) groups is 2. The molecule has 0 saturated heterocycles. The number of fused-ring (bicyclic) bond motifs is 1. The van der Waals surface area contributed by atoms with E-state index in [9.17, 15) is 27.2 Å². The molecule has 3 rings (SSSR count). The van der Waals surface area contributed by atoms with Crippen LogP contribution in [-0.4, -0.2) is 23.6 Å². The van der Waals surface area contributed by atoms with Gasteiger partial charge in [-0.2, -0.15) is 13.2 Å². The van der Waals surface area contributed by atoms with Crippen molar-refractivity contribution in [3.8, 4) is 0 Å². The van der Waals surface area contributed by atoms with Crippen molar-refractivity contribution in [2.45, 2.75) is 23.2 Å². The summed E-state index contributed by atoms with van der Waals surface area (Å²) in [5.74, 6) is -1.41. The molecule has 2 aromatic carbocycles. The van der Waals surface area contributed by atoms with Crippen LogP contribution in [0.25, 0.3) is 0 Å². The number of rotatable bonds is 3. The number of nitrogens with one attached hydrogen (secondary N) is 1. The Morgan fingerprint density at radius 3 is 2.48 bits per heavy atom. The highest BCUT2D eigenvalue weighted by Gasteiger charge is 2.35. The van der Waals surface area contributed by atoms with E-state index in [1.807, 2.05) is 0 Å². The fourth-order valence-electron chi connectivity index (χ4n) is 2.65. The minimum Gasteiger partial charge on any atom is -0.323 e. The molecule has 2 aromatic rings. The normalized spacial score (nSPS) is 15.1. The van der Waals surface area contributed by atoms with Crippen LogP contribution in [0, 0.1) is 5.82 Å². The highest BCUT2D eigenvalue weighted by Crippen LogP contribution is 2.38.